The van der Waals surface area contributed by atoms with Crippen LogP contribution in [0.15, 0.2) is 24.5 Å². The summed E-state index contributed by atoms with van der Waals surface area (Å²) in [6, 6.07) is 3.38. The van der Waals surface area contributed by atoms with Crippen LogP contribution in [-0.4, -0.2) is 27.6 Å². The molecule has 0 saturated carbocycles. The molecule has 4 N–H and O–H groups in total. The first-order valence-corrected chi connectivity index (χ1v) is 6.12. The second-order valence-electron chi connectivity index (χ2n) is 4.14. The average molecular weight is 269 g/mol. The quantitative estimate of drug-likeness (QED) is 0.701. The Morgan fingerprint density at radius 2 is 2.30 bits per heavy atom. The van der Waals surface area contributed by atoms with Crippen LogP contribution in [0.3, 0.4) is 0 Å². The number of nitrogens with two attached hydrogens (primary N) is 1. The van der Waals surface area contributed by atoms with Gasteiger partial charge in [-0.3, -0.25) is 9.89 Å². The molecule has 6 nitrogen and oxygen atoms in total. The average Bonchev–Trinajstić information content (AvgIpc) is 2.88. The third-order valence-corrected chi connectivity index (χ3v) is 2.70. The highest BCUT2D eigenvalue weighted by atomic mass is 16.1. The molecule has 6 heteroatoms. The molecule has 2 aromatic rings. The second-order valence-corrected chi connectivity index (χ2v) is 4.14. The van der Waals surface area contributed by atoms with Gasteiger partial charge in [0.2, 0.25) is 0 Å². The number of aromatic nitrogens is 3. The van der Waals surface area contributed by atoms with Crippen molar-refractivity contribution in [2.75, 3.05) is 6.54 Å². The molecule has 0 bridgehead atoms. The van der Waals surface area contributed by atoms with E-state index in [-0.39, 0.29) is 5.91 Å². The van der Waals surface area contributed by atoms with Gasteiger partial charge in [-0.05, 0) is 19.1 Å². The molecular formula is C14H15N5O. The van der Waals surface area contributed by atoms with Crippen molar-refractivity contribution in [2.45, 2.75) is 13.5 Å². The topological polar surface area (TPSA) is 96.7 Å². The summed E-state index contributed by atoms with van der Waals surface area (Å²) in [4.78, 5) is 16.0. The number of amides is 1. The zero-order chi connectivity index (χ0) is 14.4. The molecule has 1 amide bonds. The fourth-order valence-electron chi connectivity index (χ4n) is 1.58. The summed E-state index contributed by atoms with van der Waals surface area (Å²) in [7, 11) is 0. The van der Waals surface area contributed by atoms with Gasteiger partial charge in [-0.2, -0.15) is 5.10 Å². The smallest absolute Gasteiger partial charge is 0.270 e. The number of carbonyl (C=O) groups excluding carboxylic acids is 1. The van der Waals surface area contributed by atoms with Gasteiger partial charge in [-0.25, -0.2) is 4.98 Å². The number of nitrogens with zero attached hydrogens (tertiary/aromatic N) is 2. The van der Waals surface area contributed by atoms with Gasteiger partial charge in [-0.15, -0.1) is 0 Å². The lowest BCUT2D eigenvalue weighted by molar-refractivity contribution is 0.0946. The Bertz CT molecular complexity index is 648. The monoisotopic (exact) mass is 269 g/mol. The largest absolute Gasteiger partial charge is 0.346 e. The Labute approximate surface area is 116 Å². The zero-order valence-electron chi connectivity index (χ0n) is 11.1. The third kappa shape index (κ3) is 3.43. The van der Waals surface area contributed by atoms with Crippen LogP contribution >= 0.6 is 0 Å². The molecule has 2 heterocycles. The summed E-state index contributed by atoms with van der Waals surface area (Å²) in [5.41, 5.74) is 8.26. The molecule has 0 atom stereocenters. The number of aromatic amines is 1. The Hall–Kier alpha value is -2.65. The predicted octanol–water partition coefficient (Wildman–Crippen LogP) is 0.353. The molecule has 0 saturated heterocycles. The van der Waals surface area contributed by atoms with Crippen molar-refractivity contribution in [3.63, 3.8) is 0 Å². The molecule has 2 rings (SSSR count). The molecule has 20 heavy (non-hydrogen) atoms. The predicted molar refractivity (Wildman–Crippen MR) is 74.7 cm³/mol. The molecule has 0 unspecified atom stereocenters. The van der Waals surface area contributed by atoms with E-state index in [1.807, 2.05) is 6.92 Å². The first-order chi connectivity index (χ1) is 9.70. The van der Waals surface area contributed by atoms with E-state index in [9.17, 15) is 4.79 Å². The van der Waals surface area contributed by atoms with Gasteiger partial charge < -0.3 is 11.1 Å². The van der Waals surface area contributed by atoms with Crippen molar-refractivity contribution in [1.82, 2.24) is 20.5 Å². The summed E-state index contributed by atoms with van der Waals surface area (Å²) in [6.45, 7) is 2.61. The van der Waals surface area contributed by atoms with Gasteiger partial charge in [0.25, 0.3) is 5.91 Å². The van der Waals surface area contributed by atoms with Gasteiger partial charge in [0.05, 0.1) is 12.7 Å². The maximum atomic E-state index is 11.9. The van der Waals surface area contributed by atoms with Gasteiger partial charge in [-0.1, -0.05) is 11.8 Å². The lowest BCUT2D eigenvalue weighted by atomic mass is 10.2. The minimum atomic E-state index is -0.232. The fourth-order valence-corrected chi connectivity index (χ4v) is 1.58. The highest BCUT2D eigenvalue weighted by Gasteiger charge is 2.08. The van der Waals surface area contributed by atoms with E-state index < -0.39 is 0 Å². The standard InChI is InChI=1S/C14H15N5O/c1-10-12(9-18-19-10)8-17-14(20)13-5-4-11(7-16-13)3-2-6-15/h4-5,7,9H,6,8,15H2,1H3,(H,17,20)(H,18,19). The van der Waals surface area contributed by atoms with Crippen molar-refractivity contribution in [1.29, 1.82) is 0 Å². The first kappa shape index (κ1) is 13.8. The minimum Gasteiger partial charge on any atom is -0.346 e. The number of H-pyrrole nitrogens is 1. The highest BCUT2D eigenvalue weighted by molar-refractivity contribution is 5.92. The summed E-state index contributed by atoms with van der Waals surface area (Å²) < 4.78 is 0. The number of pyridine rings is 1. The maximum Gasteiger partial charge on any atom is 0.270 e. The number of carbonyl (C=O) groups is 1. The van der Waals surface area contributed by atoms with Gasteiger partial charge >= 0.3 is 0 Å². The summed E-state index contributed by atoms with van der Waals surface area (Å²) in [5, 5.41) is 9.50. The molecule has 102 valence electrons. The van der Waals surface area contributed by atoms with Crippen molar-refractivity contribution in [3.05, 3.63) is 47.0 Å². The van der Waals surface area contributed by atoms with E-state index in [2.05, 4.69) is 32.3 Å². The zero-order valence-corrected chi connectivity index (χ0v) is 11.1. The van der Waals surface area contributed by atoms with Crippen LogP contribution in [-0.2, 0) is 6.54 Å². The maximum absolute atomic E-state index is 11.9. The van der Waals surface area contributed by atoms with Crippen LogP contribution in [0.4, 0.5) is 0 Å². The van der Waals surface area contributed by atoms with Gasteiger partial charge in [0.15, 0.2) is 0 Å². The van der Waals surface area contributed by atoms with E-state index in [0.717, 1.165) is 16.8 Å². The highest BCUT2D eigenvalue weighted by Crippen LogP contribution is 2.03. The molecule has 0 radical (unpaired) electrons. The normalized spacial score (nSPS) is 9.70. The number of hydrogen-bond acceptors (Lipinski definition) is 4. The molecule has 0 aromatic carbocycles. The Balaban J connectivity index is 1.97. The molecular weight excluding hydrogens is 254 g/mol. The molecule has 2 aromatic heterocycles. The van der Waals surface area contributed by atoms with Crippen molar-refractivity contribution >= 4 is 5.91 Å². The fraction of sp³-hybridized carbons (Fsp3) is 0.214. The number of aryl methyl sites for hydroxylation is 1. The third-order valence-electron chi connectivity index (χ3n) is 2.70. The SMILES string of the molecule is Cc1[nH]ncc1CNC(=O)c1ccc(C#CCN)cn1. The van der Waals surface area contributed by atoms with E-state index in [0.29, 0.717) is 18.8 Å². The minimum absolute atomic E-state index is 0.232. The van der Waals surface area contributed by atoms with E-state index in [4.69, 9.17) is 5.73 Å². The Morgan fingerprint density at radius 3 is 2.90 bits per heavy atom. The molecule has 0 aliphatic rings. The number of rotatable bonds is 3. The van der Waals surface area contributed by atoms with E-state index in [1.165, 1.54) is 0 Å². The molecule has 0 aliphatic heterocycles. The summed E-state index contributed by atoms with van der Waals surface area (Å²) in [6.07, 6.45) is 3.25. The van der Waals surface area contributed by atoms with E-state index >= 15 is 0 Å². The second kappa shape index (κ2) is 6.50. The lowest BCUT2D eigenvalue weighted by Crippen LogP contribution is -2.23. The van der Waals surface area contributed by atoms with Crippen LogP contribution < -0.4 is 11.1 Å². The molecule has 0 aliphatic carbocycles. The molecule has 0 fully saturated rings. The van der Waals surface area contributed by atoms with Crippen molar-refractivity contribution in [2.24, 2.45) is 5.73 Å². The first-order valence-electron chi connectivity index (χ1n) is 6.12. The van der Waals surface area contributed by atoms with Crippen LogP contribution in [0.25, 0.3) is 0 Å². The Morgan fingerprint density at radius 1 is 1.45 bits per heavy atom. The van der Waals surface area contributed by atoms with Crippen LogP contribution in [0.2, 0.25) is 0 Å². The van der Waals surface area contributed by atoms with Crippen molar-refractivity contribution < 1.29 is 4.79 Å². The van der Waals surface area contributed by atoms with Gasteiger partial charge in [0.1, 0.15) is 5.69 Å². The number of nitrogens with one attached hydrogen (secondary N) is 2. The van der Waals surface area contributed by atoms with Crippen LogP contribution in [0.5, 0.6) is 0 Å². The lowest BCUT2D eigenvalue weighted by Gasteiger charge is -2.03. The van der Waals surface area contributed by atoms with Crippen LogP contribution in [0.1, 0.15) is 27.3 Å². The van der Waals surface area contributed by atoms with Gasteiger partial charge in [0, 0.05) is 29.6 Å². The van der Waals surface area contributed by atoms with Crippen molar-refractivity contribution in [3.8, 4) is 11.8 Å². The summed E-state index contributed by atoms with van der Waals surface area (Å²) in [5.74, 6) is 5.35. The Kier molecular flexibility index (Phi) is 4.47. The van der Waals surface area contributed by atoms with E-state index in [1.54, 1.807) is 24.5 Å². The van der Waals surface area contributed by atoms with Crippen LogP contribution in [0, 0.1) is 18.8 Å². The summed E-state index contributed by atoms with van der Waals surface area (Å²) >= 11 is 0. The molecule has 0 spiro atoms. The number of hydrogen-bond donors (Lipinski definition) is 3.